The Morgan fingerprint density at radius 2 is 1.74 bits per heavy atom. The van der Waals surface area contributed by atoms with Crippen molar-refractivity contribution in [2.45, 2.75) is 26.2 Å². The van der Waals surface area contributed by atoms with E-state index >= 15 is 0 Å². The van der Waals surface area contributed by atoms with Crippen LogP contribution in [0.2, 0.25) is 0 Å². The fourth-order valence-electron chi connectivity index (χ4n) is 4.95. The van der Waals surface area contributed by atoms with Crippen LogP contribution in [-0.4, -0.2) is 4.98 Å². The highest BCUT2D eigenvalue weighted by Crippen LogP contribution is 2.51. The molecule has 0 atom stereocenters. The third-order valence-corrected chi connectivity index (χ3v) is 6.21. The molecule has 0 spiro atoms. The Kier molecular flexibility index (Phi) is 2.65. The summed E-state index contributed by atoms with van der Waals surface area (Å²) in [7, 11) is 0. The minimum absolute atomic E-state index is 0.167. The van der Waals surface area contributed by atoms with Crippen LogP contribution >= 0.6 is 0 Å². The van der Waals surface area contributed by atoms with Gasteiger partial charge in [0.05, 0.1) is 11.1 Å². The predicted octanol–water partition coefficient (Wildman–Crippen LogP) is 6.75. The van der Waals surface area contributed by atoms with E-state index in [0.717, 1.165) is 22.2 Å². The molecule has 0 saturated carbocycles. The Hall–Kier alpha value is -3.13. The first-order valence-corrected chi connectivity index (χ1v) is 9.41. The Labute approximate surface area is 157 Å². The van der Waals surface area contributed by atoms with Gasteiger partial charge in [0.2, 0.25) is 0 Å². The average Bonchev–Trinajstić information content (AvgIpc) is 3.04. The largest absolute Gasteiger partial charge is 0.456 e. The second-order valence-electron chi connectivity index (χ2n) is 8.10. The molecule has 0 radical (unpaired) electrons. The van der Waals surface area contributed by atoms with E-state index in [4.69, 9.17) is 9.40 Å². The van der Waals surface area contributed by atoms with E-state index in [1.165, 1.54) is 38.4 Å². The monoisotopic (exact) mass is 349 g/mol. The molecule has 0 aliphatic heterocycles. The lowest BCUT2D eigenvalue weighted by Crippen LogP contribution is -2.20. The van der Waals surface area contributed by atoms with Crippen molar-refractivity contribution in [1.29, 1.82) is 0 Å². The van der Waals surface area contributed by atoms with Gasteiger partial charge in [0.15, 0.2) is 0 Å². The van der Waals surface area contributed by atoms with Crippen molar-refractivity contribution in [3.8, 4) is 11.3 Å². The van der Waals surface area contributed by atoms with Crippen LogP contribution in [0.15, 0.2) is 65.2 Å². The summed E-state index contributed by atoms with van der Waals surface area (Å²) in [4.78, 5) is 4.84. The minimum Gasteiger partial charge on any atom is -0.456 e. The van der Waals surface area contributed by atoms with E-state index in [0.29, 0.717) is 0 Å². The number of pyridine rings is 1. The van der Waals surface area contributed by atoms with Crippen molar-refractivity contribution in [2.24, 2.45) is 0 Å². The summed E-state index contributed by atoms with van der Waals surface area (Å²) in [6.45, 7) is 6.77. The van der Waals surface area contributed by atoms with Crippen molar-refractivity contribution < 1.29 is 4.42 Å². The number of hydrogen-bond acceptors (Lipinski definition) is 2. The molecule has 5 aromatic rings. The van der Waals surface area contributed by atoms with Crippen molar-refractivity contribution >= 4 is 32.7 Å². The van der Waals surface area contributed by atoms with Gasteiger partial charge in [-0.05, 0) is 40.5 Å². The van der Waals surface area contributed by atoms with Crippen LogP contribution in [0.5, 0.6) is 0 Å². The van der Waals surface area contributed by atoms with Gasteiger partial charge < -0.3 is 4.42 Å². The second kappa shape index (κ2) is 4.77. The molecule has 3 aromatic carbocycles. The molecule has 2 nitrogen and oxygen atoms in total. The van der Waals surface area contributed by atoms with Gasteiger partial charge in [-0.25, -0.2) is 0 Å². The summed E-state index contributed by atoms with van der Waals surface area (Å²) in [6.07, 6.45) is 1.87. The molecule has 130 valence electrons. The predicted molar refractivity (Wildman–Crippen MR) is 111 cm³/mol. The van der Waals surface area contributed by atoms with Gasteiger partial charge in [0.1, 0.15) is 11.2 Å². The summed E-state index contributed by atoms with van der Waals surface area (Å²) in [5.74, 6) is 0. The third-order valence-electron chi connectivity index (χ3n) is 6.21. The number of rotatable bonds is 0. The van der Waals surface area contributed by atoms with Crippen LogP contribution in [0.4, 0.5) is 0 Å². The van der Waals surface area contributed by atoms with E-state index in [9.17, 15) is 0 Å². The fourth-order valence-corrected chi connectivity index (χ4v) is 4.95. The molecule has 1 aliphatic rings. The number of aryl methyl sites for hydroxylation is 1. The van der Waals surface area contributed by atoms with Gasteiger partial charge in [0.25, 0.3) is 0 Å². The van der Waals surface area contributed by atoms with E-state index in [1.54, 1.807) is 0 Å². The quantitative estimate of drug-likeness (QED) is 0.309. The minimum atomic E-state index is -0.167. The maximum Gasteiger partial charge on any atom is 0.139 e. The van der Waals surface area contributed by atoms with Gasteiger partial charge in [-0.15, -0.1) is 0 Å². The Bertz CT molecular complexity index is 1400. The van der Waals surface area contributed by atoms with Crippen LogP contribution in [-0.2, 0) is 5.41 Å². The van der Waals surface area contributed by atoms with Crippen LogP contribution < -0.4 is 0 Å². The molecule has 2 aromatic heterocycles. The first kappa shape index (κ1) is 15.0. The molecule has 0 bridgehead atoms. The Morgan fingerprint density at radius 1 is 0.889 bits per heavy atom. The molecule has 0 fully saturated rings. The number of nitrogens with zero attached hydrogens (tertiary/aromatic N) is 1. The van der Waals surface area contributed by atoms with E-state index in [-0.39, 0.29) is 5.41 Å². The van der Waals surface area contributed by atoms with Gasteiger partial charge in [-0.2, -0.15) is 0 Å². The Morgan fingerprint density at radius 3 is 2.63 bits per heavy atom. The summed E-state index contributed by atoms with van der Waals surface area (Å²) < 4.78 is 6.30. The van der Waals surface area contributed by atoms with Crippen LogP contribution in [0.3, 0.4) is 0 Å². The lowest BCUT2D eigenvalue weighted by Gasteiger charge is -2.29. The molecule has 6 rings (SSSR count). The topological polar surface area (TPSA) is 26.0 Å². The van der Waals surface area contributed by atoms with Crippen molar-refractivity contribution in [3.63, 3.8) is 0 Å². The fraction of sp³-hybridized carbons (Fsp3) is 0.160. The first-order chi connectivity index (χ1) is 13.1. The molecule has 2 heterocycles. The molecule has 0 saturated heterocycles. The SMILES string of the molecule is Cc1ccc2c3c1oc1ccnc(c13)-c1ccc3ccccc3c1C2(C)C. The molecule has 1 aliphatic carbocycles. The lowest BCUT2D eigenvalue weighted by molar-refractivity contribution is 0.646. The van der Waals surface area contributed by atoms with E-state index in [1.807, 2.05) is 12.3 Å². The maximum absolute atomic E-state index is 6.30. The zero-order chi connectivity index (χ0) is 18.3. The highest BCUT2D eigenvalue weighted by atomic mass is 16.3. The highest BCUT2D eigenvalue weighted by Gasteiger charge is 2.35. The molecule has 0 unspecified atom stereocenters. The van der Waals surface area contributed by atoms with Crippen LogP contribution in [0, 0.1) is 6.92 Å². The van der Waals surface area contributed by atoms with E-state index in [2.05, 4.69) is 69.3 Å². The standard InChI is InChI=1S/C25H19NO/c1-14-8-11-18-20-21-19(27-24(14)20)12-13-26-23(21)17-10-9-15-6-4-5-7-16(15)22(17)25(18,2)3/h4-13H,1-3H3. The first-order valence-electron chi connectivity index (χ1n) is 9.41. The second-order valence-corrected chi connectivity index (χ2v) is 8.10. The zero-order valence-electron chi connectivity index (χ0n) is 15.6. The number of fused-ring (bicyclic) bond motifs is 4. The Balaban J connectivity index is 1.96. The smallest absolute Gasteiger partial charge is 0.139 e. The molecule has 27 heavy (non-hydrogen) atoms. The summed E-state index contributed by atoms with van der Waals surface area (Å²) in [5, 5.41) is 4.94. The van der Waals surface area contributed by atoms with Gasteiger partial charge in [0, 0.05) is 22.6 Å². The number of furan rings is 1. The average molecular weight is 349 g/mol. The van der Waals surface area contributed by atoms with Crippen LogP contribution in [0.25, 0.3) is 44.0 Å². The van der Waals surface area contributed by atoms with E-state index < -0.39 is 0 Å². The van der Waals surface area contributed by atoms with Gasteiger partial charge in [-0.1, -0.05) is 62.4 Å². The normalized spacial score (nSPS) is 14.8. The zero-order valence-corrected chi connectivity index (χ0v) is 15.6. The summed E-state index contributed by atoms with van der Waals surface area (Å²) in [5.41, 5.74) is 7.81. The molecule has 0 N–H and O–H groups in total. The van der Waals surface area contributed by atoms with Gasteiger partial charge >= 0.3 is 0 Å². The van der Waals surface area contributed by atoms with Gasteiger partial charge in [-0.3, -0.25) is 4.98 Å². The maximum atomic E-state index is 6.30. The van der Waals surface area contributed by atoms with Crippen molar-refractivity contribution in [3.05, 3.63) is 77.5 Å². The van der Waals surface area contributed by atoms with Crippen molar-refractivity contribution in [2.75, 3.05) is 0 Å². The number of hydrogen-bond donors (Lipinski definition) is 0. The lowest BCUT2D eigenvalue weighted by atomic mass is 9.74. The van der Waals surface area contributed by atoms with Crippen molar-refractivity contribution in [1.82, 2.24) is 4.98 Å². The molecule has 2 heteroatoms. The van der Waals surface area contributed by atoms with Crippen LogP contribution in [0.1, 0.15) is 30.5 Å². The molecule has 0 amide bonds. The molecular formula is C25H19NO. The number of aromatic nitrogens is 1. The summed E-state index contributed by atoms with van der Waals surface area (Å²) >= 11 is 0. The molecular weight excluding hydrogens is 330 g/mol. The number of benzene rings is 3. The highest BCUT2D eigenvalue weighted by molar-refractivity contribution is 6.16. The summed E-state index contributed by atoms with van der Waals surface area (Å²) in [6, 6.07) is 19.6. The third kappa shape index (κ3) is 1.73.